The number of aliphatic hydroxyl groups excluding tert-OH is 1. The van der Waals surface area contributed by atoms with Gasteiger partial charge in [-0.2, -0.15) is 0 Å². The number of carbonyl (C=O) groups is 3. The van der Waals surface area contributed by atoms with Crippen LogP contribution in [0.3, 0.4) is 0 Å². The number of halogens is 2. The minimum Gasteiger partial charge on any atom is -0.505 e. The maximum atomic E-state index is 13.4. The van der Waals surface area contributed by atoms with Crippen LogP contribution in [0.5, 0.6) is 11.5 Å². The van der Waals surface area contributed by atoms with Crippen molar-refractivity contribution in [1.29, 1.82) is 0 Å². The van der Waals surface area contributed by atoms with Crippen LogP contribution in [-0.2, 0) is 25.4 Å². The molecule has 0 saturated heterocycles. The fraction of sp³-hybridized carbons (Fsp3) is 0.417. The largest absolute Gasteiger partial charge is 0.505 e. The van der Waals surface area contributed by atoms with Gasteiger partial charge in [0, 0.05) is 36.8 Å². The fourth-order valence-corrected chi connectivity index (χ4v) is 6.05. The number of phenols is 1. The first-order valence-corrected chi connectivity index (χ1v) is 16.6. The van der Waals surface area contributed by atoms with Gasteiger partial charge in [0.05, 0.1) is 40.7 Å². The van der Waals surface area contributed by atoms with Crippen LogP contribution in [0.4, 0.5) is 16.2 Å². The van der Waals surface area contributed by atoms with E-state index in [0.29, 0.717) is 17.6 Å². The Morgan fingerprint density at radius 2 is 1.76 bits per heavy atom. The van der Waals surface area contributed by atoms with Gasteiger partial charge >= 0.3 is 6.09 Å². The number of ether oxygens (including phenoxy) is 4. The molecule has 6 atom stereocenters. The molecule has 2 aromatic rings. The minimum absolute atomic E-state index is 0.0125. The number of carbonyl (C=O) groups excluding carboxylic acids is 3. The Labute approximate surface area is 302 Å². The second-order valence-electron chi connectivity index (χ2n) is 12.2. The van der Waals surface area contributed by atoms with E-state index in [2.05, 4.69) is 10.6 Å². The van der Waals surface area contributed by atoms with Crippen molar-refractivity contribution >= 4 is 52.5 Å². The van der Waals surface area contributed by atoms with Gasteiger partial charge in [0.25, 0.3) is 11.8 Å². The fourth-order valence-electron chi connectivity index (χ4n) is 5.76. The quantitative estimate of drug-likeness (QED) is 0.127. The average molecular weight is 735 g/mol. The van der Waals surface area contributed by atoms with E-state index in [9.17, 15) is 24.6 Å². The lowest BCUT2D eigenvalue weighted by atomic mass is 9.87. The van der Waals surface area contributed by atoms with Crippen LogP contribution in [0.2, 0.25) is 10.0 Å². The number of anilines is 2. The van der Waals surface area contributed by atoms with Crippen molar-refractivity contribution in [3.63, 3.8) is 0 Å². The number of nitrogens with two attached hydrogens (primary N) is 1. The third kappa shape index (κ3) is 10.2. The molecule has 272 valence electrons. The summed E-state index contributed by atoms with van der Waals surface area (Å²) in [5, 5.41) is 28.9. The molecular formula is C36H45Cl2N3O9. The molecule has 0 unspecified atom stereocenters. The number of methoxy groups -OCH3 is 3. The summed E-state index contributed by atoms with van der Waals surface area (Å²) in [4.78, 5) is 38.6. The van der Waals surface area contributed by atoms with Gasteiger partial charge < -0.3 is 45.5 Å². The molecule has 12 nitrogen and oxygen atoms in total. The van der Waals surface area contributed by atoms with Crippen molar-refractivity contribution in [1.82, 2.24) is 0 Å². The van der Waals surface area contributed by atoms with Crippen LogP contribution < -0.4 is 21.1 Å². The summed E-state index contributed by atoms with van der Waals surface area (Å²) in [5.41, 5.74) is 6.92. The molecule has 0 aliphatic carbocycles. The molecule has 14 heteroatoms. The summed E-state index contributed by atoms with van der Waals surface area (Å²) in [6, 6.07) is 5.81. The smallest absolute Gasteiger partial charge is 0.405 e. The highest BCUT2D eigenvalue weighted by Crippen LogP contribution is 2.43. The number of hydrogen-bond donors (Lipinski definition) is 5. The van der Waals surface area contributed by atoms with Crippen molar-refractivity contribution in [3.05, 3.63) is 80.9 Å². The number of aromatic hydroxyl groups is 1. The van der Waals surface area contributed by atoms with Gasteiger partial charge in [-0.05, 0) is 62.4 Å². The first kappa shape index (κ1) is 40.4. The van der Waals surface area contributed by atoms with Gasteiger partial charge in [-0.3, -0.25) is 9.59 Å². The number of primary amides is 1. The molecule has 2 bridgehead atoms. The van der Waals surface area contributed by atoms with Gasteiger partial charge in [0.1, 0.15) is 17.6 Å². The van der Waals surface area contributed by atoms with E-state index in [0.717, 1.165) is 0 Å². The average Bonchev–Trinajstić information content (AvgIpc) is 3.06. The lowest BCUT2D eigenvalue weighted by Gasteiger charge is -2.29. The van der Waals surface area contributed by atoms with Crippen LogP contribution in [0.15, 0.2) is 59.7 Å². The van der Waals surface area contributed by atoms with E-state index in [-0.39, 0.29) is 56.4 Å². The zero-order valence-electron chi connectivity index (χ0n) is 29.1. The molecule has 0 saturated carbocycles. The Bertz CT molecular complexity index is 1660. The topological polar surface area (TPSA) is 179 Å². The summed E-state index contributed by atoms with van der Waals surface area (Å²) in [6.45, 7) is 7.01. The van der Waals surface area contributed by atoms with Crippen LogP contribution >= 0.6 is 23.2 Å². The Morgan fingerprint density at radius 3 is 2.36 bits per heavy atom. The molecule has 1 aliphatic heterocycles. The normalized spacial score (nSPS) is 26.4. The number of aliphatic hydroxyl groups is 1. The number of allylic oxidation sites excluding steroid dienone is 2. The van der Waals surface area contributed by atoms with Gasteiger partial charge in [-0.15, -0.1) is 0 Å². The molecular weight excluding hydrogens is 689 g/mol. The van der Waals surface area contributed by atoms with E-state index in [4.69, 9.17) is 47.9 Å². The number of amides is 3. The summed E-state index contributed by atoms with van der Waals surface area (Å²) in [7, 11) is 4.32. The number of phenolic OH excluding ortho intramolecular Hbond substituents is 1. The third-order valence-corrected chi connectivity index (χ3v) is 9.17. The first-order chi connectivity index (χ1) is 23.6. The second-order valence-corrected chi connectivity index (χ2v) is 13.1. The predicted octanol–water partition coefficient (Wildman–Crippen LogP) is 6.42. The Morgan fingerprint density at radius 1 is 1.06 bits per heavy atom. The Balaban J connectivity index is 2.17. The van der Waals surface area contributed by atoms with Crippen LogP contribution in [0.1, 0.15) is 50.0 Å². The SMILES string of the molecule is COc1c(NC(=O)c2ccc(Cl)c(Cl)c2)cc2c(O)c1C[C@@H](C)C[C@H](OC)[C@H](O)[C@@H](C)/C=C(\C)[C@H](OC(N)=O)[C@@H](OC)/C=C\C=C(/C)C(=O)N2. The first-order valence-electron chi connectivity index (χ1n) is 15.8. The van der Waals surface area contributed by atoms with Crippen molar-refractivity contribution in [2.45, 2.75) is 65.0 Å². The van der Waals surface area contributed by atoms with Crippen LogP contribution in [0, 0.1) is 11.8 Å². The highest BCUT2D eigenvalue weighted by atomic mass is 35.5. The molecule has 3 rings (SSSR count). The number of hydrogen-bond acceptors (Lipinski definition) is 9. The summed E-state index contributed by atoms with van der Waals surface area (Å²) >= 11 is 12.2. The van der Waals surface area contributed by atoms with Crippen LogP contribution in [0.25, 0.3) is 0 Å². The minimum atomic E-state index is -1.01. The van der Waals surface area contributed by atoms with E-state index in [1.807, 2.05) is 6.92 Å². The molecule has 0 spiro atoms. The van der Waals surface area contributed by atoms with Crippen molar-refractivity contribution in [3.8, 4) is 11.5 Å². The van der Waals surface area contributed by atoms with E-state index in [1.54, 1.807) is 39.0 Å². The lowest BCUT2D eigenvalue weighted by Crippen LogP contribution is -2.37. The summed E-state index contributed by atoms with van der Waals surface area (Å²) < 4.78 is 22.5. The zero-order valence-corrected chi connectivity index (χ0v) is 30.6. The molecule has 2 aromatic carbocycles. The molecule has 6 N–H and O–H groups in total. The van der Waals surface area contributed by atoms with Gasteiger partial charge in [-0.1, -0.05) is 61.4 Å². The van der Waals surface area contributed by atoms with Gasteiger partial charge in [-0.25, -0.2) is 4.79 Å². The highest BCUT2D eigenvalue weighted by Gasteiger charge is 2.30. The molecule has 0 fully saturated rings. The van der Waals surface area contributed by atoms with Crippen molar-refractivity contribution in [2.75, 3.05) is 32.0 Å². The maximum Gasteiger partial charge on any atom is 0.405 e. The number of rotatable bonds is 6. The van der Waals surface area contributed by atoms with Gasteiger partial charge in [0.15, 0.2) is 6.10 Å². The highest BCUT2D eigenvalue weighted by molar-refractivity contribution is 6.42. The van der Waals surface area contributed by atoms with Crippen molar-refractivity contribution in [2.24, 2.45) is 17.6 Å². The Kier molecular flexibility index (Phi) is 14.7. The summed E-state index contributed by atoms with van der Waals surface area (Å²) in [5.74, 6) is -1.87. The molecule has 0 aromatic heterocycles. The number of fused-ring (bicyclic) bond motifs is 2. The van der Waals surface area contributed by atoms with E-state index in [1.165, 1.54) is 51.7 Å². The number of benzene rings is 2. The van der Waals surface area contributed by atoms with Gasteiger partial charge in [0.2, 0.25) is 0 Å². The molecule has 1 heterocycles. The maximum absolute atomic E-state index is 13.4. The summed E-state index contributed by atoms with van der Waals surface area (Å²) in [6.07, 6.45) is 2.58. The standard InChI is InChI=1S/C36H45Cl2N3O9/c1-18-13-23-31(43)26(17-27(33(23)49-7)41-35(45)22-11-12-24(37)25(38)16-22)40-34(44)19(2)9-8-10-28(47-5)32(50-36(39)46)21(4)15-20(3)30(42)29(14-18)48-6/h8-12,15-18,20,28-30,32,42-43H,13-14H2,1-7H3,(H2,39,46)(H,40,44)(H,41,45)/b10-8-,19-9+,21-15+/t18-,20+,28+,29+,30-,32+/m1/s1. The third-order valence-electron chi connectivity index (χ3n) is 8.43. The molecule has 50 heavy (non-hydrogen) atoms. The Hall–Kier alpha value is -4.07. The molecule has 0 radical (unpaired) electrons. The van der Waals surface area contributed by atoms with E-state index >= 15 is 0 Å². The monoisotopic (exact) mass is 733 g/mol. The molecule has 3 amide bonds. The number of nitrogens with one attached hydrogen (secondary N) is 2. The lowest BCUT2D eigenvalue weighted by molar-refractivity contribution is -0.112. The molecule has 1 aliphatic rings. The van der Waals surface area contributed by atoms with E-state index < -0.39 is 48.2 Å². The predicted molar refractivity (Wildman–Crippen MR) is 193 cm³/mol. The van der Waals surface area contributed by atoms with Crippen LogP contribution in [-0.4, -0.2) is 73.9 Å². The second kappa shape index (κ2) is 18.2. The van der Waals surface area contributed by atoms with Crippen molar-refractivity contribution < 1.29 is 43.5 Å². The zero-order chi connectivity index (χ0) is 37.3.